The Morgan fingerprint density at radius 1 is 1.39 bits per heavy atom. The summed E-state index contributed by atoms with van der Waals surface area (Å²) in [7, 11) is 0. The number of fused-ring (bicyclic) bond motifs is 1. The van der Waals surface area contributed by atoms with Gasteiger partial charge in [-0.2, -0.15) is 0 Å². The first-order valence-electron chi connectivity index (χ1n) is 7.40. The van der Waals surface area contributed by atoms with E-state index in [9.17, 15) is 19.8 Å². The van der Waals surface area contributed by atoms with Gasteiger partial charge in [0.15, 0.2) is 0 Å². The van der Waals surface area contributed by atoms with Crippen molar-refractivity contribution in [2.24, 2.45) is 0 Å². The van der Waals surface area contributed by atoms with Gasteiger partial charge in [0, 0.05) is 36.5 Å². The Morgan fingerprint density at radius 3 is 2.87 bits per heavy atom. The smallest absolute Gasteiger partial charge is 0.326 e. The van der Waals surface area contributed by atoms with Gasteiger partial charge in [-0.3, -0.25) is 4.79 Å². The van der Waals surface area contributed by atoms with E-state index in [1.165, 1.54) is 0 Å². The van der Waals surface area contributed by atoms with Gasteiger partial charge in [-0.15, -0.1) is 0 Å². The summed E-state index contributed by atoms with van der Waals surface area (Å²) in [6, 6.07) is 3.79. The van der Waals surface area contributed by atoms with Crippen LogP contribution in [0.4, 0.5) is 0 Å². The predicted molar refractivity (Wildman–Crippen MR) is 84.3 cm³/mol. The van der Waals surface area contributed by atoms with Crippen molar-refractivity contribution in [2.45, 2.75) is 25.8 Å². The SMILES string of the molecule is CCOCCC(=O)N[C@@H](Cc1c[nH]c2ccc(O)cc12)C(=O)O. The first kappa shape index (κ1) is 16.8. The molecule has 4 N–H and O–H groups in total. The fourth-order valence-electron chi connectivity index (χ4n) is 2.33. The first-order chi connectivity index (χ1) is 11.0. The normalized spacial score (nSPS) is 12.2. The highest BCUT2D eigenvalue weighted by Gasteiger charge is 2.21. The highest BCUT2D eigenvalue weighted by atomic mass is 16.5. The lowest BCUT2D eigenvalue weighted by Gasteiger charge is -2.14. The molecule has 23 heavy (non-hydrogen) atoms. The molecule has 0 spiro atoms. The molecule has 0 fully saturated rings. The van der Waals surface area contributed by atoms with E-state index in [1.807, 2.05) is 6.92 Å². The van der Waals surface area contributed by atoms with Crippen molar-refractivity contribution in [2.75, 3.05) is 13.2 Å². The third-order valence-electron chi connectivity index (χ3n) is 3.49. The molecule has 1 atom stereocenters. The zero-order chi connectivity index (χ0) is 16.8. The number of aromatic nitrogens is 1. The largest absolute Gasteiger partial charge is 0.508 e. The molecule has 0 saturated carbocycles. The second-order valence-electron chi connectivity index (χ2n) is 5.15. The van der Waals surface area contributed by atoms with Crippen LogP contribution in [0.1, 0.15) is 18.9 Å². The summed E-state index contributed by atoms with van der Waals surface area (Å²) in [5.41, 5.74) is 1.51. The van der Waals surface area contributed by atoms with Crippen LogP contribution in [0.5, 0.6) is 5.75 Å². The minimum absolute atomic E-state index is 0.103. The average molecular weight is 320 g/mol. The number of carboxylic acid groups (broad SMARTS) is 1. The predicted octanol–water partition coefficient (Wildman–Crippen LogP) is 1.41. The van der Waals surface area contributed by atoms with Crippen LogP contribution in [0.3, 0.4) is 0 Å². The van der Waals surface area contributed by atoms with Crippen LogP contribution < -0.4 is 5.32 Å². The molecule has 7 heteroatoms. The lowest BCUT2D eigenvalue weighted by molar-refractivity contribution is -0.141. The number of aromatic amines is 1. The Morgan fingerprint density at radius 2 is 2.17 bits per heavy atom. The Balaban J connectivity index is 2.07. The Bertz CT molecular complexity index is 695. The third kappa shape index (κ3) is 4.46. The Kier molecular flexibility index (Phi) is 5.59. The highest BCUT2D eigenvalue weighted by molar-refractivity contribution is 5.87. The fourth-order valence-corrected chi connectivity index (χ4v) is 2.33. The van der Waals surface area contributed by atoms with Crippen molar-refractivity contribution >= 4 is 22.8 Å². The molecule has 1 aromatic carbocycles. The number of carbonyl (C=O) groups is 2. The molecule has 1 aromatic heterocycles. The molecule has 1 heterocycles. The van der Waals surface area contributed by atoms with E-state index in [2.05, 4.69) is 10.3 Å². The van der Waals surface area contributed by atoms with Gasteiger partial charge in [0.2, 0.25) is 5.91 Å². The summed E-state index contributed by atoms with van der Waals surface area (Å²) in [6.07, 6.45) is 1.93. The molecule has 0 aliphatic carbocycles. The molecule has 0 bridgehead atoms. The second-order valence-corrected chi connectivity index (χ2v) is 5.15. The molecule has 1 amide bonds. The number of aliphatic carboxylic acids is 1. The minimum Gasteiger partial charge on any atom is -0.508 e. The monoisotopic (exact) mass is 320 g/mol. The number of hydrogen-bond donors (Lipinski definition) is 4. The number of rotatable bonds is 8. The van der Waals surface area contributed by atoms with E-state index < -0.39 is 12.0 Å². The van der Waals surface area contributed by atoms with Gasteiger partial charge >= 0.3 is 5.97 Å². The number of ether oxygens (including phenoxy) is 1. The summed E-state index contributed by atoms with van der Waals surface area (Å²) in [5.74, 6) is -1.37. The number of carbonyl (C=O) groups excluding carboxylic acids is 1. The third-order valence-corrected chi connectivity index (χ3v) is 3.49. The molecule has 0 aliphatic rings. The van der Waals surface area contributed by atoms with E-state index in [-0.39, 0.29) is 31.1 Å². The number of benzene rings is 1. The number of hydrogen-bond acceptors (Lipinski definition) is 4. The van der Waals surface area contributed by atoms with E-state index >= 15 is 0 Å². The van der Waals surface area contributed by atoms with Crippen molar-refractivity contribution in [3.8, 4) is 5.75 Å². The van der Waals surface area contributed by atoms with Gasteiger partial charge < -0.3 is 25.3 Å². The van der Waals surface area contributed by atoms with Crippen LogP contribution in [0.2, 0.25) is 0 Å². The number of phenolic OH excluding ortho intramolecular Hbond substituents is 1. The van der Waals surface area contributed by atoms with Crippen LogP contribution in [0.25, 0.3) is 10.9 Å². The summed E-state index contributed by atoms with van der Waals surface area (Å²) < 4.78 is 5.08. The van der Waals surface area contributed by atoms with Gasteiger partial charge in [-0.05, 0) is 30.7 Å². The Labute approximate surface area is 133 Å². The summed E-state index contributed by atoms with van der Waals surface area (Å²) in [5, 5.41) is 22.1. The lowest BCUT2D eigenvalue weighted by Crippen LogP contribution is -2.42. The number of aromatic hydroxyl groups is 1. The maximum absolute atomic E-state index is 11.8. The zero-order valence-corrected chi connectivity index (χ0v) is 12.8. The van der Waals surface area contributed by atoms with Crippen molar-refractivity contribution in [3.05, 3.63) is 30.0 Å². The standard InChI is InChI=1S/C16H20N2O5/c1-2-23-6-5-15(20)18-14(16(21)22)7-10-9-17-13-4-3-11(19)8-12(10)13/h3-4,8-9,14,17,19H,2,5-7H2,1H3,(H,18,20)(H,21,22)/t14-/m0/s1. The van der Waals surface area contributed by atoms with Crippen LogP contribution in [-0.2, 0) is 20.7 Å². The van der Waals surface area contributed by atoms with E-state index in [4.69, 9.17) is 4.74 Å². The Hall–Kier alpha value is -2.54. The molecule has 0 radical (unpaired) electrons. The van der Waals surface area contributed by atoms with Crippen molar-refractivity contribution in [1.82, 2.24) is 10.3 Å². The number of amides is 1. The lowest BCUT2D eigenvalue weighted by atomic mass is 10.0. The average Bonchev–Trinajstić information content (AvgIpc) is 2.89. The van der Waals surface area contributed by atoms with Gasteiger partial charge in [0.05, 0.1) is 6.61 Å². The molecule has 0 unspecified atom stereocenters. The summed E-state index contributed by atoms with van der Waals surface area (Å²) >= 11 is 0. The molecule has 0 saturated heterocycles. The van der Waals surface area contributed by atoms with E-state index in [0.29, 0.717) is 12.2 Å². The van der Waals surface area contributed by atoms with Gasteiger partial charge in [0.1, 0.15) is 11.8 Å². The summed E-state index contributed by atoms with van der Waals surface area (Å²) in [6.45, 7) is 2.59. The first-order valence-corrected chi connectivity index (χ1v) is 7.40. The van der Waals surface area contributed by atoms with Crippen molar-refractivity contribution in [3.63, 3.8) is 0 Å². The maximum Gasteiger partial charge on any atom is 0.326 e. The van der Waals surface area contributed by atoms with Gasteiger partial charge in [-0.1, -0.05) is 0 Å². The molecular weight excluding hydrogens is 300 g/mol. The highest BCUT2D eigenvalue weighted by Crippen LogP contribution is 2.23. The number of nitrogens with one attached hydrogen (secondary N) is 2. The number of H-pyrrole nitrogens is 1. The molecular formula is C16H20N2O5. The molecule has 124 valence electrons. The van der Waals surface area contributed by atoms with E-state index in [1.54, 1.807) is 24.4 Å². The number of phenols is 1. The fraction of sp³-hybridized carbons (Fsp3) is 0.375. The molecule has 2 aromatic rings. The van der Waals surface area contributed by atoms with E-state index in [0.717, 1.165) is 10.9 Å². The van der Waals surface area contributed by atoms with Crippen LogP contribution in [-0.4, -0.2) is 46.3 Å². The summed E-state index contributed by atoms with van der Waals surface area (Å²) in [4.78, 5) is 26.2. The molecule has 2 rings (SSSR count). The van der Waals surface area contributed by atoms with Crippen LogP contribution >= 0.6 is 0 Å². The molecule has 0 aliphatic heterocycles. The number of carboxylic acids is 1. The topological polar surface area (TPSA) is 112 Å². The zero-order valence-electron chi connectivity index (χ0n) is 12.8. The van der Waals surface area contributed by atoms with Gasteiger partial charge in [-0.25, -0.2) is 4.79 Å². The van der Waals surface area contributed by atoms with Crippen molar-refractivity contribution < 1.29 is 24.5 Å². The van der Waals surface area contributed by atoms with Crippen LogP contribution in [0.15, 0.2) is 24.4 Å². The van der Waals surface area contributed by atoms with Crippen LogP contribution in [0, 0.1) is 0 Å². The van der Waals surface area contributed by atoms with Gasteiger partial charge in [0.25, 0.3) is 0 Å². The molecule has 7 nitrogen and oxygen atoms in total. The van der Waals surface area contributed by atoms with Crippen molar-refractivity contribution in [1.29, 1.82) is 0 Å². The quantitative estimate of drug-likeness (QED) is 0.550. The maximum atomic E-state index is 11.8. The second kappa shape index (κ2) is 7.64. The minimum atomic E-state index is -1.11.